The number of rotatable bonds is 13. The number of sulfonamides is 1. The van der Waals surface area contributed by atoms with Crippen LogP contribution in [0.5, 0.6) is 0 Å². The highest BCUT2D eigenvalue weighted by Gasteiger charge is 2.22. The summed E-state index contributed by atoms with van der Waals surface area (Å²) in [5.41, 5.74) is 0. The number of amides is 2. The molecule has 0 aliphatic rings. The van der Waals surface area contributed by atoms with Crippen molar-refractivity contribution in [3.05, 3.63) is 51.4 Å². The van der Waals surface area contributed by atoms with Crippen molar-refractivity contribution in [2.45, 2.75) is 50.5 Å². The van der Waals surface area contributed by atoms with E-state index in [9.17, 15) is 22.4 Å². The van der Waals surface area contributed by atoms with Gasteiger partial charge in [0.2, 0.25) is 21.8 Å². The van der Waals surface area contributed by atoms with Crippen LogP contribution in [0.2, 0.25) is 5.02 Å². The number of carbonyl (C=O) groups excluding carboxylic acids is 2. The van der Waals surface area contributed by atoms with Crippen molar-refractivity contribution in [1.29, 1.82) is 0 Å². The molecule has 2 aromatic rings. The highest BCUT2D eigenvalue weighted by Crippen LogP contribution is 2.21. The van der Waals surface area contributed by atoms with E-state index < -0.39 is 21.9 Å². The van der Waals surface area contributed by atoms with Gasteiger partial charge >= 0.3 is 0 Å². The molecule has 182 valence electrons. The van der Waals surface area contributed by atoms with Crippen LogP contribution in [0.3, 0.4) is 0 Å². The topological polar surface area (TPSA) is 104 Å². The average Bonchev–Trinajstić information content (AvgIpc) is 3.24. The molecule has 0 aliphatic heterocycles. The van der Waals surface area contributed by atoms with Gasteiger partial charge in [0.15, 0.2) is 0 Å². The van der Waals surface area contributed by atoms with Gasteiger partial charge < -0.3 is 10.6 Å². The smallest absolute Gasteiger partial charge is 0.242 e. The van der Waals surface area contributed by atoms with Crippen LogP contribution in [0.15, 0.2) is 40.6 Å². The van der Waals surface area contributed by atoms with Crippen LogP contribution in [0.1, 0.15) is 38.0 Å². The molecule has 7 nitrogen and oxygen atoms in total. The lowest BCUT2D eigenvalue weighted by Crippen LogP contribution is -2.47. The molecule has 0 bridgehead atoms. The Bertz CT molecular complexity index is 1030. The van der Waals surface area contributed by atoms with E-state index in [4.69, 9.17) is 11.6 Å². The minimum absolute atomic E-state index is 0.0539. The second-order valence-electron chi connectivity index (χ2n) is 7.95. The molecule has 2 rings (SSSR count). The molecule has 3 N–H and O–H groups in total. The zero-order chi connectivity index (χ0) is 24.4. The van der Waals surface area contributed by atoms with Gasteiger partial charge in [-0.1, -0.05) is 31.5 Å². The first kappa shape index (κ1) is 27.2. The number of hydrogen-bond donors (Lipinski definition) is 3. The van der Waals surface area contributed by atoms with Crippen LogP contribution in [0.4, 0.5) is 4.39 Å². The van der Waals surface area contributed by atoms with E-state index in [2.05, 4.69) is 15.4 Å². The van der Waals surface area contributed by atoms with Crippen molar-refractivity contribution in [2.24, 2.45) is 5.92 Å². The second-order valence-corrected chi connectivity index (χ2v) is 11.1. The van der Waals surface area contributed by atoms with Gasteiger partial charge in [-0.15, -0.1) is 11.3 Å². The molecule has 0 fully saturated rings. The van der Waals surface area contributed by atoms with E-state index in [0.717, 1.165) is 23.1 Å². The lowest BCUT2D eigenvalue weighted by atomic mass is 10.0. The zero-order valence-electron chi connectivity index (χ0n) is 18.6. The molecule has 1 aromatic heterocycles. The summed E-state index contributed by atoms with van der Waals surface area (Å²) in [6, 6.07) is 6.29. The normalized spacial score (nSPS) is 12.5. The van der Waals surface area contributed by atoms with Gasteiger partial charge in [0.05, 0.1) is 5.02 Å². The number of halogens is 2. The molecule has 0 spiro atoms. The number of thiophene rings is 1. The quantitative estimate of drug-likeness (QED) is 0.354. The highest BCUT2D eigenvalue weighted by molar-refractivity contribution is 7.89. The third-order valence-corrected chi connectivity index (χ3v) is 7.55. The van der Waals surface area contributed by atoms with Crippen LogP contribution in [-0.4, -0.2) is 39.4 Å². The van der Waals surface area contributed by atoms with Crippen molar-refractivity contribution in [2.75, 3.05) is 13.1 Å². The second kappa shape index (κ2) is 13.0. The monoisotopic (exact) mass is 517 g/mol. The summed E-state index contributed by atoms with van der Waals surface area (Å²) in [5.74, 6) is -0.924. The molecule has 0 unspecified atom stereocenters. The van der Waals surface area contributed by atoms with Gasteiger partial charge in [-0.3, -0.25) is 9.59 Å². The van der Waals surface area contributed by atoms with Crippen LogP contribution in [0.25, 0.3) is 0 Å². The average molecular weight is 518 g/mol. The fourth-order valence-electron chi connectivity index (χ4n) is 3.06. The Morgan fingerprint density at radius 2 is 1.94 bits per heavy atom. The standard InChI is InChI=1S/C22H29ClFN3O4S2/c1-15(2)13-19(27-21(28)9-7-17-5-3-12-32-17)22(29)25-10-4-11-26-33(30,31)20-8-6-16(24)14-18(20)23/h3,5-6,8,12,14-15,19,26H,4,7,9-11,13H2,1-2H3,(H,25,29)(H,27,28)/t19-/m0/s1. The zero-order valence-corrected chi connectivity index (χ0v) is 21.0. The molecule has 33 heavy (non-hydrogen) atoms. The van der Waals surface area contributed by atoms with Crippen LogP contribution >= 0.6 is 22.9 Å². The fourth-order valence-corrected chi connectivity index (χ4v) is 5.37. The van der Waals surface area contributed by atoms with Crippen LogP contribution < -0.4 is 15.4 Å². The van der Waals surface area contributed by atoms with Gasteiger partial charge in [0.1, 0.15) is 16.8 Å². The molecule has 0 saturated carbocycles. The summed E-state index contributed by atoms with van der Waals surface area (Å²) in [7, 11) is -3.90. The van der Waals surface area contributed by atoms with Crippen molar-refractivity contribution in [3.63, 3.8) is 0 Å². The molecule has 0 aliphatic carbocycles. The molecule has 1 atom stereocenters. The summed E-state index contributed by atoms with van der Waals surface area (Å²) >= 11 is 7.40. The Morgan fingerprint density at radius 3 is 2.58 bits per heavy atom. The maximum absolute atomic E-state index is 13.1. The minimum atomic E-state index is -3.90. The number of carbonyl (C=O) groups is 2. The molecule has 0 radical (unpaired) electrons. The van der Waals surface area contributed by atoms with E-state index in [1.165, 1.54) is 0 Å². The van der Waals surface area contributed by atoms with E-state index in [-0.39, 0.29) is 40.7 Å². The lowest BCUT2D eigenvalue weighted by Gasteiger charge is -2.20. The molecular weight excluding hydrogens is 489 g/mol. The van der Waals surface area contributed by atoms with Crippen LogP contribution in [0, 0.1) is 11.7 Å². The first-order chi connectivity index (χ1) is 15.6. The summed E-state index contributed by atoms with van der Waals surface area (Å²) in [6.07, 6.45) is 1.74. The molecule has 11 heteroatoms. The molecular formula is C22H29ClFN3O4S2. The number of benzene rings is 1. The Labute approximate surface area is 203 Å². The Kier molecular flexibility index (Phi) is 10.7. The maximum Gasteiger partial charge on any atom is 0.242 e. The lowest BCUT2D eigenvalue weighted by molar-refractivity contribution is -0.129. The van der Waals surface area contributed by atoms with E-state index in [1.807, 2.05) is 31.4 Å². The predicted molar refractivity (Wildman–Crippen MR) is 128 cm³/mol. The molecule has 1 heterocycles. The van der Waals surface area contributed by atoms with Gasteiger partial charge in [0, 0.05) is 24.4 Å². The van der Waals surface area contributed by atoms with E-state index >= 15 is 0 Å². The van der Waals surface area contributed by atoms with Crippen molar-refractivity contribution in [3.8, 4) is 0 Å². The van der Waals surface area contributed by atoms with Crippen LogP contribution in [-0.2, 0) is 26.0 Å². The third kappa shape index (κ3) is 9.40. The SMILES string of the molecule is CC(C)C[C@H](NC(=O)CCc1cccs1)C(=O)NCCCNS(=O)(=O)c1ccc(F)cc1Cl. The number of hydrogen-bond acceptors (Lipinski definition) is 5. The summed E-state index contributed by atoms with van der Waals surface area (Å²) in [4.78, 5) is 25.8. The van der Waals surface area contributed by atoms with E-state index in [1.54, 1.807) is 11.3 Å². The minimum Gasteiger partial charge on any atom is -0.354 e. The predicted octanol–water partition coefficient (Wildman–Crippen LogP) is 3.49. The largest absolute Gasteiger partial charge is 0.354 e. The molecule has 1 aromatic carbocycles. The summed E-state index contributed by atoms with van der Waals surface area (Å²) in [5, 5.41) is 7.30. The maximum atomic E-state index is 13.1. The first-order valence-electron chi connectivity index (χ1n) is 10.6. The van der Waals surface area contributed by atoms with Gasteiger partial charge in [-0.05, 0) is 54.8 Å². The molecule has 2 amide bonds. The van der Waals surface area contributed by atoms with Crippen molar-refractivity contribution in [1.82, 2.24) is 15.4 Å². The van der Waals surface area contributed by atoms with Gasteiger partial charge in [-0.25, -0.2) is 17.5 Å². The van der Waals surface area contributed by atoms with Crippen molar-refractivity contribution >= 4 is 44.8 Å². The first-order valence-corrected chi connectivity index (χ1v) is 13.4. The molecule has 0 saturated heterocycles. The Hall–Kier alpha value is -2.01. The van der Waals surface area contributed by atoms with Crippen molar-refractivity contribution < 1.29 is 22.4 Å². The Balaban J connectivity index is 1.78. The number of nitrogens with one attached hydrogen (secondary N) is 3. The fraction of sp³-hybridized carbons (Fsp3) is 0.455. The third-order valence-electron chi connectivity index (χ3n) is 4.67. The van der Waals surface area contributed by atoms with Gasteiger partial charge in [-0.2, -0.15) is 0 Å². The number of aryl methyl sites for hydroxylation is 1. The highest BCUT2D eigenvalue weighted by atomic mass is 35.5. The summed E-state index contributed by atoms with van der Waals surface area (Å²) < 4.78 is 40.1. The Morgan fingerprint density at radius 1 is 1.18 bits per heavy atom. The van der Waals surface area contributed by atoms with Gasteiger partial charge in [0.25, 0.3) is 0 Å². The summed E-state index contributed by atoms with van der Waals surface area (Å²) in [6.45, 7) is 4.21. The van der Waals surface area contributed by atoms with E-state index in [0.29, 0.717) is 25.7 Å².